The highest BCUT2D eigenvalue weighted by atomic mass is 16.1. The van der Waals surface area contributed by atoms with Crippen molar-refractivity contribution < 1.29 is 19.2 Å². The van der Waals surface area contributed by atoms with Gasteiger partial charge in [0, 0.05) is 67.3 Å². The molecule has 702 valence electrons. The molecular weight excluding hydrogens is 1780 g/mol. The van der Waals surface area contributed by atoms with E-state index < -0.39 is 21.7 Å². The number of ketones is 4. The van der Waals surface area contributed by atoms with Crippen LogP contribution in [0.4, 0.5) is 68.2 Å². The molecule has 0 saturated heterocycles. The standard InChI is InChI=1S/C36H29NO.2C34H25NO.C33H23NO.CH4/c1-35(2,3)24-21-22-27-31(23-24)36(28-16-8-7-15-26(28)34(27)38)29-17-9-11-19-32(29)37(25-13-5-4-6-14-25)33-20-12-10-18-30(33)36;1-22-20-26-30(21-23(22)2)34(27-15-7-6-14-25(27)33(26)36)28-16-8-10-18-31(28)35(24-12-4-3-5-13-24)32-19-11-9-17-29(32)34;1-2-23-20-21-28-26(22-23)33(36)25-14-6-7-15-27(25)34(28)29-16-8-10-18-31(29)35(24-12-4-3-5-13-24)32-19-11-9-17-30(32)34;1-22-19-20-27-25(21-22)32(35)24-13-5-6-14-26(24)33(27)28-15-7-9-17-30(28)34(23-11-3-2-4-12-23)31-18-10-8-16-29(31)33;/h4-23H,1-3H3;3-21H,1-2H3;3-22H,2H2,1H3;2-21H,1H3;1H4. The minimum atomic E-state index is -0.625. The Balaban J connectivity index is 0.000000104. The van der Waals surface area contributed by atoms with Crippen molar-refractivity contribution in [3.8, 4) is 0 Å². The van der Waals surface area contributed by atoms with E-state index in [9.17, 15) is 19.2 Å². The summed E-state index contributed by atoms with van der Waals surface area (Å²) in [5.41, 5.74) is 41.2. The smallest absolute Gasteiger partial charge is 0.193 e. The van der Waals surface area contributed by atoms with Gasteiger partial charge in [-0.15, -0.1) is 0 Å². The second kappa shape index (κ2) is 35.5. The lowest BCUT2D eigenvalue weighted by Gasteiger charge is -2.49. The summed E-state index contributed by atoms with van der Waals surface area (Å²) in [6.07, 6.45) is 0.893. The second-order valence-electron chi connectivity index (χ2n) is 40.1. The molecule has 0 N–H and O–H groups in total. The van der Waals surface area contributed by atoms with E-state index in [-0.39, 0.29) is 36.0 Å². The summed E-state index contributed by atoms with van der Waals surface area (Å²) in [5, 5.41) is 0. The maximum absolute atomic E-state index is 14.0. The number of aryl methyl sites for hydroxylation is 4. The Morgan fingerprint density at radius 2 is 0.418 bits per heavy atom. The molecule has 0 saturated carbocycles. The number of carbonyl (C=O) groups excluding carboxylic acids is 4. The summed E-state index contributed by atoms with van der Waals surface area (Å²) in [4.78, 5) is 65.0. The van der Waals surface area contributed by atoms with E-state index in [1.165, 1.54) is 61.2 Å². The Bertz CT molecular complexity index is 8520. The van der Waals surface area contributed by atoms with Gasteiger partial charge in [-0.05, 0) is 259 Å². The van der Waals surface area contributed by atoms with Crippen molar-refractivity contribution in [1.82, 2.24) is 0 Å². The first kappa shape index (κ1) is 90.8. The zero-order valence-electron chi connectivity index (χ0n) is 81.7. The zero-order chi connectivity index (χ0) is 98.4. The molecule has 8 heteroatoms. The van der Waals surface area contributed by atoms with Crippen LogP contribution < -0.4 is 19.6 Å². The maximum Gasteiger partial charge on any atom is 0.193 e. The molecule has 4 spiro atoms. The molecule has 4 aliphatic heterocycles. The van der Waals surface area contributed by atoms with Crippen LogP contribution in [0.25, 0.3) is 0 Å². The van der Waals surface area contributed by atoms with Crippen LogP contribution in [0.2, 0.25) is 0 Å². The molecule has 0 bridgehead atoms. The monoisotopic (exact) mass is 1880 g/mol. The van der Waals surface area contributed by atoms with E-state index in [4.69, 9.17) is 0 Å². The quantitative estimate of drug-likeness (QED) is 0.169. The fourth-order valence-electron chi connectivity index (χ4n) is 25.3. The predicted octanol–water partition coefficient (Wildman–Crippen LogP) is 33.0. The molecule has 146 heavy (non-hydrogen) atoms. The van der Waals surface area contributed by atoms with Crippen molar-refractivity contribution in [2.24, 2.45) is 0 Å². The Morgan fingerprint density at radius 1 is 0.199 bits per heavy atom. The summed E-state index contributed by atoms with van der Waals surface area (Å²) in [5.74, 6) is 0.421. The van der Waals surface area contributed by atoms with Crippen molar-refractivity contribution in [1.29, 1.82) is 0 Å². The van der Waals surface area contributed by atoms with Gasteiger partial charge in [0.15, 0.2) is 23.1 Å². The van der Waals surface area contributed by atoms with Crippen molar-refractivity contribution >= 4 is 91.4 Å². The lowest BCUT2D eigenvalue weighted by atomic mass is 9.57. The number of hydrogen-bond acceptors (Lipinski definition) is 8. The molecule has 0 amide bonds. The average Bonchev–Trinajstić information content (AvgIpc) is 0.685. The van der Waals surface area contributed by atoms with Crippen LogP contribution in [0.1, 0.15) is 216 Å². The van der Waals surface area contributed by atoms with Gasteiger partial charge in [0.25, 0.3) is 0 Å². The van der Waals surface area contributed by atoms with Crippen LogP contribution in [-0.4, -0.2) is 23.1 Å². The number of fused-ring (bicyclic) bond motifs is 32. The third-order valence-corrected chi connectivity index (χ3v) is 31.5. The van der Waals surface area contributed by atoms with Gasteiger partial charge in [-0.3, -0.25) is 19.2 Å². The highest BCUT2D eigenvalue weighted by Crippen LogP contribution is 2.67. The second-order valence-corrected chi connectivity index (χ2v) is 40.1. The lowest BCUT2D eigenvalue weighted by Crippen LogP contribution is -2.42. The van der Waals surface area contributed by atoms with Crippen molar-refractivity contribution in [3.05, 3.63) is 641 Å². The zero-order valence-corrected chi connectivity index (χ0v) is 81.7. The van der Waals surface area contributed by atoms with Gasteiger partial charge in [-0.25, -0.2) is 0 Å². The lowest BCUT2D eigenvalue weighted by molar-refractivity contribution is 0.102. The first-order valence-electron chi connectivity index (χ1n) is 50.3. The number of hydrogen-bond donors (Lipinski definition) is 0. The molecular formula is C138H106N4O4. The highest BCUT2D eigenvalue weighted by molar-refractivity contribution is 6.19. The normalized spacial score (nSPS) is 14.6. The summed E-state index contributed by atoms with van der Waals surface area (Å²) < 4.78 is 0. The van der Waals surface area contributed by atoms with Gasteiger partial charge in [-0.1, -0.05) is 405 Å². The minimum absolute atomic E-state index is 0. The van der Waals surface area contributed by atoms with E-state index in [1.807, 2.05) is 54.6 Å². The number of rotatable bonds is 5. The Hall–Kier alpha value is -17.7. The molecule has 8 aliphatic rings. The Kier molecular flexibility index (Phi) is 22.0. The summed E-state index contributed by atoms with van der Waals surface area (Å²) in [7, 11) is 0. The molecule has 28 rings (SSSR count). The molecule has 20 aromatic rings. The fraction of sp³-hybridized carbons (Fsp3) is 0.101. The van der Waals surface area contributed by atoms with Crippen LogP contribution in [0, 0.1) is 20.8 Å². The minimum Gasteiger partial charge on any atom is -0.310 e. The number of benzene rings is 20. The third kappa shape index (κ3) is 13.4. The molecule has 0 fully saturated rings. The van der Waals surface area contributed by atoms with Crippen LogP contribution in [0.15, 0.2) is 479 Å². The maximum atomic E-state index is 14.0. The third-order valence-electron chi connectivity index (χ3n) is 31.5. The van der Waals surface area contributed by atoms with Crippen LogP contribution >= 0.6 is 0 Å². The molecule has 4 heterocycles. The molecule has 0 atom stereocenters. The fourth-order valence-corrected chi connectivity index (χ4v) is 25.3. The van der Waals surface area contributed by atoms with E-state index >= 15 is 0 Å². The van der Waals surface area contributed by atoms with Crippen LogP contribution in [0.3, 0.4) is 0 Å². The van der Waals surface area contributed by atoms with Crippen molar-refractivity contribution in [2.75, 3.05) is 19.6 Å². The van der Waals surface area contributed by atoms with Crippen LogP contribution in [-0.2, 0) is 33.5 Å². The first-order valence-corrected chi connectivity index (χ1v) is 50.3. The summed E-state index contributed by atoms with van der Waals surface area (Å²) >= 11 is 0. The Labute approximate surface area is 854 Å². The molecule has 4 aliphatic carbocycles. The highest BCUT2D eigenvalue weighted by Gasteiger charge is 2.58. The Morgan fingerprint density at radius 3 is 0.712 bits per heavy atom. The number of anilines is 12. The molecule has 8 nitrogen and oxygen atoms in total. The van der Waals surface area contributed by atoms with Gasteiger partial charge < -0.3 is 19.6 Å². The molecule has 0 unspecified atom stereocenters. The van der Waals surface area contributed by atoms with Crippen molar-refractivity contribution in [2.45, 2.75) is 89.4 Å². The van der Waals surface area contributed by atoms with Crippen LogP contribution in [0.5, 0.6) is 0 Å². The molecule has 0 radical (unpaired) electrons. The first-order chi connectivity index (χ1) is 71.0. The van der Waals surface area contributed by atoms with Gasteiger partial charge in [0.1, 0.15) is 0 Å². The van der Waals surface area contributed by atoms with E-state index in [0.29, 0.717) is 0 Å². The number of carbonyl (C=O) groups is 4. The van der Waals surface area contributed by atoms with Gasteiger partial charge in [0.2, 0.25) is 0 Å². The average molecular weight is 1880 g/mol. The molecule has 20 aromatic carbocycles. The largest absolute Gasteiger partial charge is 0.310 e. The van der Waals surface area contributed by atoms with E-state index in [1.54, 1.807) is 0 Å². The predicted molar refractivity (Wildman–Crippen MR) is 595 cm³/mol. The number of para-hydroxylation sites is 12. The SMILES string of the molecule is C.CC(C)(C)c1ccc2c(c1)C1(c3ccccc3C2=O)c2ccccc2N(c2ccccc2)c2ccccc21.CCc1ccc2c(c1)C(=O)c1ccccc1C21c2ccccc2N(c2ccccc2)c2ccccc21.Cc1cc2c(cc1C)C1(c3ccccc3C2=O)c2ccccc2N(c2ccccc2)c2ccccc21.Cc1ccc2c(c1)C(=O)c1ccccc1C21c2ccccc2N(c2ccccc2)c2ccccc21. The number of nitrogens with zero attached hydrogens (tertiary/aromatic N) is 4. The summed E-state index contributed by atoms with van der Waals surface area (Å²) in [6.45, 7) is 15.1. The van der Waals surface area contributed by atoms with E-state index in [2.05, 4.69) is 493 Å². The van der Waals surface area contributed by atoms with Gasteiger partial charge in [0.05, 0.1) is 67.2 Å². The molecule has 0 aromatic heterocycles. The van der Waals surface area contributed by atoms with Gasteiger partial charge >= 0.3 is 0 Å². The van der Waals surface area contributed by atoms with Crippen molar-refractivity contribution in [3.63, 3.8) is 0 Å². The summed E-state index contributed by atoms with van der Waals surface area (Å²) in [6, 6.07) is 168. The topological polar surface area (TPSA) is 81.2 Å². The van der Waals surface area contributed by atoms with Gasteiger partial charge in [-0.2, -0.15) is 0 Å². The van der Waals surface area contributed by atoms with E-state index in [0.717, 1.165) is 175 Å².